The molecular formula is C17H13F2NO. The molecule has 21 heavy (non-hydrogen) atoms. The van der Waals surface area contributed by atoms with Crippen LogP contribution in [0.3, 0.4) is 0 Å². The summed E-state index contributed by atoms with van der Waals surface area (Å²) >= 11 is 0. The molecule has 2 nitrogen and oxygen atoms in total. The highest BCUT2D eigenvalue weighted by Crippen LogP contribution is 2.25. The predicted octanol–water partition coefficient (Wildman–Crippen LogP) is 3.79. The number of hydrogen-bond donors (Lipinski definition) is 1. The van der Waals surface area contributed by atoms with Crippen molar-refractivity contribution in [1.29, 1.82) is 0 Å². The first-order valence-electron chi connectivity index (χ1n) is 6.61. The van der Waals surface area contributed by atoms with Crippen LogP contribution in [-0.2, 0) is 6.42 Å². The lowest BCUT2D eigenvalue weighted by Crippen LogP contribution is -2.05. The lowest BCUT2D eigenvalue weighted by atomic mass is 9.98. The highest BCUT2D eigenvalue weighted by Gasteiger charge is 2.15. The number of rotatable bonds is 3. The summed E-state index contributed by atoms with van der Waals surface area (Å²) in [6.07, 6.45) is 0.738. The van der Waals surface area contributed by atoms with Crippen molar-refractivity contribution in [3.8, 4) is 0 Å². The van der Waals surface area contributed by atoms with Crippen LogP contribution in [0.25, 0.3) is 10.9 Å². The van der Waals surface area contributed by atoms with E-state index in [1.165, 1.54) is 0 Å². The van der Waals surface area contributed by atoms with Gasteiger partial charge in [-0.3, -0.25) is 4.98 Å². The third-order valence-corrected chi connectivity index (χ3v) is 3.47. The fourth-order valence-electron chi connectivity index (χ4n) is 2.42. The first-order chi connectivity index (χ1) is 10.1. The number of para-hydroxylation sites is 1. The molecule has 2 aromatic carbocycles. The molecule has 3 aromatic rings. The molecule has 0 saturated heterocycles. The summed E-state index contributed by atoms with van der Waals surface area (Å²) in [4.78, 5) is 4.24. The molecule has 0 spiro atoms. The van der Waals surface area contributed by atoms with E-state index in [-0.39, 0.29) is 12.0 Å². The number of nitrogens with zero attached hydrogens (tertiary/aromatic N) is 1. The van der Waals surface area contributed by atoms with Crippen molar-refractivity contribution in [2.24, 2.45) is 0 Å². The van der Waals surface area contributed by atoms with Gasteiger partial charge >= 0.3 is 0 Å². The van der Waals surface area contributed by atoms with E-state index in [9.17, 15) is 13.9 Å². The Hall–Kier alpha value is -2.33. The van der Waals surface area contributed by atoms with Gasteiger partial charge in [0.2, 0.25) is 0 Å². The van der Waals surface area contributed by atoms with Crippen LogP contribution in [0.1, 0.15) is 17.2 Å². The number of halogens is 2. The molecule has 1 heterocycles. The first-order valence-corrected chi connectivity index (χ1v) is 6.61. The van der Waals surface area contributed by atoms with Crippen LogP contribution < -0.4 is 0 Å². The second-order valence-electron chi connectivity index (χ2n) is 4.87. The molecule has 0 aliphatic heterocycles. The van der Waals surface area contributed by atoms with E-state index in [0.717, 1.165) is 34.7 Å². The zero-order chi connectivity index (χ0) is 14.8. The molecule has 106 valence electrons. The standard InChI is InChI=1S/C17H13F2NO/c18-12-5-6-15(19)14(10-12)17(21)9-11-7-8-20-16-4-2-1-3-13(11)16/h1-8,10,17,21H,9H2. The van der Waals surface area contributed by atoms with Gasteiger partial charge in [-0.2, -0.15) is 0 Å². The van der Waals surface area contributed by atoms with E-state index in [0.29, 0.717) is 0 Å². The Kier molecular flexibility index (Phi) is 3.62. The van der Waals surface area contributed by atoms with Gasteiger partial charge in [0.1, 0.15) is 11.6 Å². The van der Waals surface area contributed by atoms with Gasteiger partial charge in [-0.15, -0.1) is 0 Å². The van der Waals surface area contributed by atoms with E-state index >= 15 is 0 Å². The zero-order valence-corrected chi connectivity index (χ0v) is 11.1. The van der Waals surface area contributed by atoms with Crippen LogP contribution in [0.5, 0.6) is 0 Å². The van der Waals surface area contributed by atoms with E-state index in [1.807, 2.05) is 24.3 Å². The summed E-state index contributed by atoms with van der Waals surface area (Å²) in [5.74, 6) is -1.17. The van der Waals surface area contributed by atoms with Gasteiger partial charge in [0.25, 0.3) is 0 Å². The molecule has 0 amide bonds. The van der Waals surface area contributed by atoms with Gasteiger partial charge in [0.15, 0.2) is 0 Å². The van der Waals surface area contributed by atoms with Crippen LogP contribution in [0.2, 0.25) is 0 Å². The van der Waals surface area contributed by atoms with Crippen LogP contribution in [0.4, 0.5) is 8.78 Å². The zero-order valence-electron chi connectivity index (χ0n) is 11.1. The Balaban J connectivity index is 1.96. The van der Waals surface area contributed by atoms with Gasteiger partial charge in [0, 0.05) is 23.6 Å². The van der Waals surface area contributed by atoms with E-state index < -0.39 is 17.7 Å². The molecule has 0 fully saturated rings. The highest BCUT2D eigenvalue weighted by molar-refractivity contribution is 5.81. The Morgan fingerprint density at radius 1 is 1.05 bits per heavy atom. The predicted molar refractivity (Wildman–Crippen MR) is 76.8 cm³/mol. The van der Waals surface area contributed by atoms with Crippen molar-refractivity contribution in [1.82, 2.24) is 4.98 Å². The minimum absolute atomic E-state index is 0.0316. The fraction of sp³-hybridized carbons (Fsp3) is 0.118. The Bertz CT molecular complexity index is 783. The monoisotopic (exact) mass is 285 g/mol. The number of hydrogen-bond acceptors (Lipinski definition) is 2. The van der Waals surface area contributed by atoms with Crippen molar-refractivity contribution in [3.63, 3.8) is 0 Å². The smallest absolute Gasteiger partial charge is 0.129 e. The number of aromatic nitrogens is 1. The quantitative estimate of drug-likeness (QED) is 0.794. The average molecular weight is 285 g/mol. The number of benzene rings is 2. The maximum atomic E-state index is 13.7. The summed E-state index contributed by atoms with van der Waals surface area (Å²) in [7, 11) is 0. The van der Waals surface area contributed by atoms with Gasteiger partial charge in [-0.1, -0.05) is 18.2 Å². The normalized spacial score (nSPS) is 12.5. The minimum atomic E-state index is -1.11. The SMILES string of the molecule is OC(Cc1ccnc2ccccc12)c1cc(F)ccc1F. The number of aliphatic hydroxyl groups excluding tert-OH is 1. The molecule has 3 rings (SSSR count). The third-order valence-electron chi connectivity index (χ3n) is 3.47. The van der Waals surface area contributed by atoms with E-state index in [2.05, 4.69) is 4.98 Å². The number of pyridine rings is 1. The molecule has 1 unspecified atom stereocenters. The molecule has 0 radical (unpaired) electrons. The highest BCUT2D eigenvalue weighted by atomic mass is 19.1. The molecular weight excluding hydrogens is 272 g/mol. The number of aliphatic hydroxyl groups is 1. The topological polar surface area (TPSA) is 33.1 Å². The molecule has 0 aliphatic carbocycles. The fourth-order valence-corrected chi connectivity index (χ4v) is 2.42. The van der Waals surface area contributed by atoms with Crippen LogP contribution in [-0.4, -0.2) is 10.1 Å². The van der Waals surface area contributed by atoms with Crippen molar-refractivity contribution < 1.29 is 13.9 Å². The molecule has 1 N–H and O–H groups in total. The number of fused-ring (bicyclic) bond motifs is 1. The second-order valence-corrected chi connectivity index (χ2v) is 4.87. The van der Waals surface area contributed by atoms with E-state index in [4.69, 9.17) is 0 Å². The van der Waals surface area contributed by atoms with Gasteiger partial charge in [0.05, 0.1) is 11.6 Å². The molecule has 0 bridgehead atoms. The maximum absolute atomic E-state index is 13.7. The summed E-state index contributed by atoms with van der Waals surface area (Å²) in [5, 5.41) is 11.1. The van der Waals surface area contributed by atoms with Crippen molar-refractivity contribution in [3.05, 3.63) is 77.5 Å². The first kappa shape index (κ1) is 13.6. The van der Waals surface area contributed by atoms with Gasteiger partial charge in [-0.05, 0) is 35.9 Å². The lowest BCUT2D eigenvalue weighted by molar-refractivity contribution is 0.173. The Labute approximate surface area is 120 Å². The molecule has 0 saturated carbocycles. The largest absolute Gasteiger partial charge is 0.388 e. The van der Waals surface area contributed by atoms with Crippen molar-refractivity contribution in [2.75, 3.05) is 0 Å². The summed E-state index contributed by atoms with van der Waals surface area (Å²) in [6, 6.07) is 12.4. The Morgan fingerprint density at radius 3 is 2.71 bits per heavy atom. The van der Waals surface area contributed by atoms with Gasteiger partial charge < -0.3 is 5.11 Å². The molecule has 1 aromatic heterocycles. The van der Waals surface area contributed by atoms with Crippen LogP contribution in [0.15, 0.2) is 54.7 Å². The summed E-state index contributed by atoms with van der Waals surface area (Å²) < 4.78 is 26.9. The third kappa shape index (κ3) is 2.76. The summed E-state index contributed by atoms with van der Waals surface area (Å²) in [5.41, 5.74) is 1.62. The minimum Gasteiger partial charge on any atom is -0.388 e. The van der Waals surface area contributed by atoms with Crippen LogP contribution in [0, 0.1) is 11.6 Å². The van der Waals surface area contributed by atoms with Crippen LogP contribution >= 0.6 is 0 Å². The van der Waals surface area contributed by atoms with Gasteiger partial charge in [-0.25, -0.2) is 8.78 Å². The van der Waals surface area contributed by atoms with Crippen molar-refractivity contribution >= 4 is 10.9 Å². The average Bonchev–Trinajstić information content (AvgIpc) is 2.50. The molecule has 4 heteroatoms. The summed E-state index contributed by atoms with van der Waals surface area (Å²) in [6.45, 7) is 0. The van der Waals surface area contributed by atoms with E-state index in [1.54, 1.807) is 12.3 Å². The second kappa shape index (κ2) is 5.58. The molecule has 1 atom stereocenters. The maximum Gasteiger partial charge on any atom is 0.129 e. The van der Waals surface area contributed by atoms with Crippen molar-refractivity contribution in [2.45, 2.75) is 12.5 Å². The molecule has 0 aliphatic rings. The lowest BCUT2D eigenvalue weighted by Gasteiger charge is -2.13. The Morgan fingerprint density at radius 2 is 1.86 bits per heavy atom.